The third-order valence-corrected chi connectivity index (χ3v) is 5.50. The normalized spacial score (nSPS) is 21.1. The number of nitrogens with zero attached hydrogens (tertiary/aromatic N) is 1. The van der Waals surface area contributed by atoms with Crippen LogP contribution in [0.3, 0.4) is 0 Å². The topological polar surface area (TPSA) is 58.6 Å². The predicted molar refractivity (Wildman–Crippen MR) is 88.6 cm³/mol. The molecule has 2 atom stereocenters. The zero-order valence-electron chi connectivity index (χ0n) is 13.0. The van der Waals surface area contributed by atoms with Gasteiger partial charge in [0.2, 0.25) is 10.0 Å². The van der Waals surface area contributed by atoms with E-state index < -0.39 is 10.0 Å². The molecule has 1 fully saturated rings. The van der Waals surface area contributed by atoms with Gasteiger partial charge >= 0.3 is 0 Å². The molecule has 22 heavy (non-hydrogen) atoms. The Bertz CT molecular complexity index is 577. The highest BCUT2D eigenvalue weighted by atomic mass is 35.5. The SMILES string of the molecule is COC[C@@H](NC[C@H]1CCN(S(C)(=O)=O)C1)c1ccc(Cl)cc1. The zero-order chi connectivity index (χ0) is 16.2. The van der Waals surface area contributed by atoms with Gasteiger partial charge in [0.25, 0.3) is 0 Å². The minimum absolute atomic E-state index is 0.0783. The van der Waals surface area contributed by atoms with Gasteiger partial charge in [-0.3, -0.25) is 0 Å². The lowest BCUT2D eigenvalue weighted by atomic mass is 10.1. The molecular formula is C15H23ClN2O3S. The van der Waals surface area contributed by atoms with E-state index in [1.807, 2.05) is 24.3 Å². The summed E-state index contributed by atoms with van der Waals surface area (Å²) in [6.07, 6.45) is 2.16. The summed E-state index contributed by atoms with van der Waals surface area (Å²) in [5.41, 5.74) is 1.12. The second-order valence-electron chi connectivity index (χ2n) is 5.74. The molecule has 1 aliphatic heterocycles. The minimum atomic E-state index is -3.07. The van der Waals surface area contributed by atoms with Crippen molar-refractivity contribution in [1.82, 2.24) is 9.62 Å². The molecule has 124 valence electrons. The highest BCUT2D eigenvalue weighted by Gasteiger charge is 2.28. The van der Waals surface area contributed by atoms with Gasteiger partial charge in [-0.05, 0) is 36.6 Å². The molecule has 7 heteroatoms. The highest BCUT2D eigenvalue weighted by Crippen LogP contribution is 2.21. The summed E-state index contributed by atoms with van der Waals surface area (Å²) in [4.78, 5) is 0. The van der Waals surface area contributed by atoms with Crippen LogP contribution in [0.4, 0.5) is 0 Å². The quantitative estimate of drug-likeness (QED) is 0.819. The van der Waals surface area contributed by atoms with Crippen molar-refractivity contribution in [3.63, 3.8) is 0 Å². The van der Waals surface area contributed by atoms with E-state index in [0.29, 0.717) is 30.6 Å². The van der Waals surface area contributed by atoms with Crippen molar-refractivity contribution in [2.24, 2.45) is 5.92 Å². The summed E-state index contributed by atoms with van der Waals surface area (Å²) in [5, 5.41) is 4.19. The molecular weight excluding hydrogens is 324 g/mol. The molecule has 0 unspecified atom stereocenters. The molecule has 1 N–H and O–H groups in total. The maximum absolute atomic E-state index is 11.5. The van der Waals surface area contributed by atoms with Crippen LogP contribution in [0.1, 0.15) is 18.0 Å². The Kier molecular flexibility index (Phi) is 6.23. The second-order valence-corrected chi connectivity index (χ2v) is 8.16. The second kappa shape index (κ2) is 7.75. The zero-order valence-corrected chi connectivity index (χ0v) is 14.5. The number of ether oxygens (including phenoxy) is 1. The summed E-state index contributed by atoms with van der Waals surface area (Å²) >= 11 is 5.92. The number of rotatable bonds is 7. The van der Waals surface area contributed by atoms with Gasteiger partial charge < -0.3 is 10.1 Å². The Morgan fingerprint density at radius 2 is 2.09 bits per heavy atom. The maximum atomic E-state index is 11.5. The number of methoxy groups -OCH3 is 1. The van der Waals surface area contributed by atoms with Crippen LogP contribution < -0.4 is 5.32 Å². The Morgan fingerprint density at radius 3 is 2.64 bits per heavy atom. The highest BCUT2D eigenvalue weighted by molar-refractivity contribution is 7.88. The number of hydrogen-bond donors (Lipinski definition) is 1. The van der Waals surface area contributed by atoms with Gasteiger partial charge in [-0.15, -0.1) is 0 Å². The minimum Gasteiger partial charge on any atom is -0.383 e. The lowest BCUT2D eigenvalue weighted by Crippen LogP contribution is -2.33. The van der Waals surface area contributed by atoms with Crippen LogP contribution in [0.5, 0.6) is 0 Å². The van der Waals surface area contributed by atoms with E-state index in [1.165, 1.54) is 6.26 Å². The largest absolute Gasteiger partial charge is 0.383 e. The van der Waals surface area contributed by atoms with Crippen LogP contribution in [-0.2, 0) is 14.8 Å². The van der Waals surface area contributed by atoms with Crippen molar-refractivity contribution in [3.8, 4) is 0 Å². The van der Waals surface area contributed by atoms with Crippen LogP contribution in [-0.4, -0.2) is 52.3 Å². The average molecular weight is 347 g/mol. The fourth-order valence-electron chi connectivity index (χ4n) is 2.71. The van der Waals surface area contributed by atoms with Crippen LogP contribution in [0.2, 0.25) is 5.02 Å². The molecule has 0 saturated carbocycles. The smallest absolute Gasteiger partial charge is 0.211 e. The van der Waals surface area contributed by atoms with Crippen LogP contribution >= 0.6 is 11.6 Å². The third kappa shape index (κ3) is 4.93. The van der Waals surface area contributed by atoms with Gasteiger partial charge in [0.15, 0.2) is 0 Å². The van der Waals surface area contributed by atoms with Crippen LogP contribution in [0, 0.1) is 5.92 Å². The molecule has 1 heterocycles. The van der Waals surface area contributed by atoms with Gasteiger partial charge in [0.05, 0.1) is 18.9 Å². The number of sulfonamides is 1. The Morgan fingerprint density at radius 1 is 1.41 bits per heavy atom. The number of benzene rings is 1. The first-order valence-corrected chi connectivity index (χ1v) is 9.55. The Labute approximate surface area is 137 Å². The third-order valence-electron chi connectivity index (χ3n) is 3.98. The summed E-state index contributed by atoms with van der Waals surface area (Å²) in [6, 6.07) is 7.77. The standard InChI is InChI=1S/C15H23ClN2O3S/c1-21-11-15(13-3-5-14(16)6-4-13)17-9-12-7-8-18(10-12)22(2,19)20/h3-6,12,15,17H,7-11H2,1-2H3/t12-,15-/m1/s1. The predicted octanol–water partition coefficient (Wildman–Crippen LogP) is 1.90. The summed E-state index contributed by atoms with van der Waals surface area (Å²) in [5.74, 6) is 0.335. The molecule has 0 bridgehead atoms. The average Bonchev–Trinajstić information content (AvgIpc) is 2.93. The molecule has 1 aliphatic rings. The molecule has 0 radical (unpaired) electrons. The first-order valence-electron chi connectivity index (χ1n) is 7.33. The van der Waals surface area contributed by atoms with Crippen molar-refractivity contribution in [2.75, 3.05) is 39.6 Å². The summed E-state index contributed by atoms with van der Waals surface area (Å²) in [6.45, 7) is 2.53. The lowest BCUT2D eigenvalue weighted by Gasteiger charge is -2.21. The lowest BCUT2D eigenvalue weighted by molar-refractivity contribution is 0.164. The van der Waals surface area contributed by atoms with Crippen LogP contribution in [0.25, 0.3) is 0 Å². The Balaban J connectivity index is 1.91. The number of hydrogen-bond acceptors (Lipinski definition) is 4. The van der Waals surface area contributed by atoms with Gasteiger partial charge in [-0.2, -0.15) is 0 Å². The van der Waals surface area contributed by atoms with Crippen molar-refractivity contribution >= 4 is 21.6 Å². The van der Waals surface area contributed by atoms with Gasteiger partial charge in [0, 0.05) is 25.2 Å². The molecule has 0 aromatic heterocycles. The van der Waals surface area contributed by atoms with Crippen LogP contribution in [0.15, 0.2) is 24.3 Å². The summed E-state index contributed by atoms with van der Waals surface area (Å²) < 4.78 is 29.9. The van der Waals surface area contributed by atoms with Gasteiger partial charge in [-0.25, -0.2) is 12.7 Å². The molecule has 5 nitrogen and oxygen atoms in total. The number of halogens is 1. The number of nitrogens with one attached hydrogen (secondary N) is 1. The fraction of sp³-hybridized carbons (Fsp3) is 0.600. The van der Waals surface area contributed by atoms with E-state index in [0.717, 1.165) is 18.5 Å². The molecule has 1 saturated heterocycles. The van der Waals surface area contributed by atoms with Crippen molar-refractivity contribution < 1.29 is 13.2 Å². The molecule has 1 aromatic rings. The monoisotopic (exact) mass is 346 g/mol. The van der Waals surface area contributed by atoms with E-state index in [2.05, 4.69) is 5.32 Å². The first kappa shape index (κ1) is 17.7. The fourth-order valence-corrected chi connectivity index (χ4v) is 3.75. The van der Waals surface area contributed by atoms with Gasteiger partial charge in [-0.1, -0.05) is 23.7 Å². The van der Waals surface area contributed by atoms with Crippen molar-refractivity contribution in [2.45, 2.75) is 12.5 Å². The molecule has 0 spiro atoms. The molecule has 2 rings (SSSR count). The Hall–Kier alpha value is -0.660. The molecule has 0 aliphatic carbocycles. The van der Waals surface area contributed by atoms with Crippen molar-refractivity contribution in [1.29, 1.82) is 0 Å². The first-order chi connectivity index (χ1) is 10.4. The van der Waals surface area contributed by atoms with Crippen molar-refractivity contribution in [3.05, 3.63) is 34.9 Å². The van der Waals surface area contributed by atoms with E-state index in [4.69, 9.17) is 16.3 Å². The van der Waals surface area contributed by atoms with E-state index in [1.54, 1.807) is 11.4 Å². The van der Waals surface area contributed by atoms with E-state index >= 15 is 0 Å². The van der Waals surface area contributed by atoms with E-state index in [-0.39, 0.29) is 6.04 Å². The van der Waals surface area contributed by atoms with E-state index in [9.17, 15) is 8.42 Å². The maximum Gasteiger partial charge on any atom is 0.211 e. The molecule has 1 aromatic carbocycles. The molecule has 0 amide bonds. The summed E-state index contributed by atoms with van der Waals surface area (Å²) in [7, 11) is -1.40. The van der Waals surface area contributed by atoms with Gasteiger partial charge in [0.1, 0.15) is 0 Å².